The van der Waals surface area contributed by atoms with Gasteiger partial charge >= 0.3 is 0 Å². The number of hydrogen-bond acceptors (Lipinski definition) is 7. The first-order chi connectivity index (χ1) is 20.1. The number of imidazole rings is 1. The number of carbonyl (C=O) groups is 2. The Morgan fingerprint density at radius 2 is 1.90 bits per heavy atom. The first-order valence-corrected chi connectivity index (χ1v) is 13.5. The lowest BCUT2D eigenvalue weighted by Gasteiger charge is -2.32. The van der Waals surface area contributed by atoms with Crippen molar-refractivity contribution in [3.8, 4) is 11.8 Å². The molecule has 1 saturated heterocycles. The van der Waals surface area contributed by atoms with Crippen molar-refractivity contribution in [1.29, 1.82) is 5.26 Å². The fourth-order valence-corrected chi connectivity index (χ4v) is 5.20. The van der Waals surface area contributed by atoms with Crippen LogP contribution in [-0.2, 0) is 22.6 Å². The molecule has 13 heteroatoms. The smallest absolute Gasteiger partial charge is 0.275 e. The number of alkyl halides is 2. The van der Waals surface area contributed by atoms with Gasteiger partial charge in [-0.2, -0.15) is 10.4 Å². The van der Waals surface area contributed by atoms with E-state index in [1.165, 1.54) is 12.1 Å². The maximum atomic E-state index is 13.3. The normalized spacial score (nSPS) is 14.0. The summed E-state index contributed by atoms with van der Waals surface area (Å²) in [5, 5.41) is 15.0. The van der Waals surface area contributed by atoms with Crippen molar-refractivity contribution in [2.45, 2.75) is 32.2 Å². The summed E-state index contributed by atoms with van der Waals surface area (Å²) in [6.07, 6.45) is -1.41. The number of likely N-dealkylation sites (tertiary alicyclic amines) is 1. The van der Waals surface area contributed by atoms with Crippen LogP contribution in [0.3, 0.4) is 0 Å². The van der Waals surface area contributed by atoms with Gasteiger partial charge in [0, 0.05) is 44.6 Å². The third-order valence-electron chi connectivity index (χ3n) is 7.32. The molecule has 42 heavy (non-hydrogen) atoms. The van der Waals surface area contributed by atoms with Crippen LogP contribution in [-0.4, -0.2) is 81.6 Å². The van der Waals surface area contributed by atoms with E-state index in [0.717, 1.165) is 4.68 Å². The van der Waals surface area contributed by atoms with Crippen molar-refractivity contribution >= 4 is 33.6 Å². The number of fused-ring (bicyclic) bond motifs is 2. The van der Waals surface area contributed by atoms with E-state index in [9.17, 15) is 28.4 Å². The predicted octanol–water partition coefficient (Wildman–Crippen LogP) is 2.71. The number of ether oxygens (including phenoxy) is 1. The molecule has 2 aromatic carbocycles. The van der Waals surface area contributed by atoms with Gasteiger partial charge in [-0.3, -0.25) is 14.4 Å². The minimum absolute atomic E-state index is 0.00843. The summed E-state index contributed by atoms with van der Waals surface area (Å²) < 4.78 is 31.6. The molecule has 0 saturated carbocycles. The molecule has 1 fully saturated rings. The molecular formula is C29H29F2N7O4. The zero-order valence-electron chi connectivity index (χ0n) is 23.1. The lowest BCUT2D eigenvalue weighted by molar-refractivity contribution is -0.139. The standard InChI is InChI=1S/C29H29F2N7O4/c1-36(2)28(40)17-7-9-37(10-8-17)27(39)15-38-29(41)20-6-4-3-5-19(20)21(35-38)13-26-33-22-11-18(14-32)24(12-23(22)34-26)42-16-25(30)31/h3-6,11-12,17,25H,7-10,13,15-16H2,1-2H3,(H,33,34). The summed E-state index contributed by atoms with van der Waals surface area (Å²) in [7, 11) is 3.43. The number of benzene rings is 2. The van der Waals surface area contributed by atoms with Crippen LogP contribution in [0.2, 0.25) is 0 Å². The number of carbonyl (C=O) groups excluding carboxylic acids is 2. The largest absolute Gasteiger partial charge is 0.486 e. The highest BCUT2D eigenvalue weighted by Crippen LogP contribution is 2.26. The van der Waals surface area contributed by atoms with Crippen LogP contribution in [0.25, 0.3) is 21.8 Å². The third-order valence-corrected chi connectivity index (χ3v) is 7.32. The minimum Gasteiger partial charge on any atom is -0.486 e. The lowest BCUT2D eigenvalue weighted by Crippen LogP contribution is -2.45. The van der Waals surface area contributed by atoms with Gasteiger partial charge in [0.1, 0.15) is 30.8 Å². The Bertz CT molecular complexity index is 1750. The van der Waals surface area contributed by atoms with Gasteiger partial charge in [-0.15, -0.1) is 0 Å². The molecule has 0 spiro atoms. The van der Waals surface area contributed by atoms with Crippen molar-refractivity contribution in [2.75, 3.05) is 33.8 Å². The fraction of sp³-hybridized carbons (Fsp3) is 0.379. The highest BCUT2D eigenvalue weighted by Gasteiger charge is 2.28. The Morgan fingerprint density at radius 1 is 1.19 bits per heavy atom. The van der Waals surface area contributed by atoms with Gasteiger partial charge in [-0.25, -0.2) is 18.4 Å². The quantitative estimate of drug-likeness (QED) is 0.340. The molecule has 2 aromatic heterocycles. The molecule has 2 amide bonds. The number of aromatic amines is 1. The van der Waals surface area contributed by atoms with E-state index in [-0.39, 0.29) is 42.0 Å². The second-order valence-corrected chi connectivity index (χ2v) is 10.4. The summed E-state index contributed by atoms with van der Waals surface area (Å²) in [6, 6.07) is 11.8. The van der Waals surface area contributed by atoms with Gasteiger partial charge in [-0.1, -0.05) is 18.2 Å². The first kappa shape index (κ1) is 28.7. The number of nitrogens with one attached hydrogen (secondary N) is 1. The van der Waals surface area contributed by atoms with E-state index in [0.29, 0.717) is 59.3 Å². The summed E-state index contributed by atoms with van der Waals surface area (Å²) in [5.74, 6) is 0.129. The van der Waals surface area contributed by atoms with E-state index in [1.54, 1.807) is 48.2 Å². The highest BCUT2D eigenvalue weighted by molar-refractivity contribution is 5.85. The van der Waals surface area contributed by atoms with E-state index in [4.69, 9.17) is 4.74 Å². The maximum absolute atomic E-state index is 13.3. The lowest BCUT2D eigenvalue weighted by atomic mass is 9.95. The third kappa shape index (κ3) is 5.93. The molecule has 0 bridgehead atoms. The van der Waals surface area contributed by atoms with Crippen molar-refractivity contribution in [3.63, 3.8) is 0 Å². The van der Waals surface area contributed by atoms with Crippen LogP contribution in [0.1, 0.15) is 29.9 Å². The number of halogens is 2. The van der Waals surface area contributed by atoms with Crippen LogP contribution in [0.5, 0.6) is 5.75 Å². The van der Waals surface area contributed by atoms with Gasteiger partial charge in [0.25, 0.3) is 12.0 Å². The molecule has 3 heterocycles. The molecule has 5 rings (SSSR count). The number of H-pyrrole nitrogens is 1. The van der Waals surface area contributed by atoms with E-state index >= 15 is 0 Å². The van der Waals surface area contributed by atoms with Crippen molar-refractivity contribution in [3.05, 3.63) is 63.8 Å². The Hall–Kier alpha value is -4.86. The van der Waals surface area contributed by atoms with Crippen molar-refractivity contribution in [1.82, 2.24) is 29.5 Å². The van der Waals surface area contributed by atoms with Crippen molar-refractivity contribution < 1.29 is 23.1 Å². The van der Waals surface area contributed by atoms with Crippen LogP contribution in [0.4, 0.5) is 8.78 Å². The van der Waals surface area contributed by atoms with Crippen LogP contribution in [0, 0.1) is 17.2 Å². The first-order valence-electron chi connectivity index (χ1n) is 13.5. The molecule has 218 valence electrons. The van der Waals surface area contributed by atoms with Crippen LogP contribution in [0.15, 0.2) is 41.2 Å². The summed E-state index contributed by atoms with van der Waals surface area (Å²) in [5.41, 5.74) is 1.11. The molecule has 0 radical (unpaired) electrons. The zero-order chi connectivity index (χ0) is 30.0. The zero-order valence-corrected chi connectivity index (χ0v) is 23.1. The Morgan fingerprint density at radius 3 is 2.57 bits per heavy atom. The molecule has 1 N–H and O–H groups in total. The van der Waals surface area contributed by atoms with E-state index in [2.05, 4.69) is 15.1 Å². The molecule has 1 aliphatic rings. The van der Waals surface area contributed by atoms with Gasteiger partial charge in [0.15, 0.2) is 0 Å². The minimum atomic E-state index is -2.69. The second-order valence-electron chi connectivity index (χ2n) is 10.4. The molecule has 11 nitrogen and oxygen atoms in total. The number of rotatable bonds is 8. The average Bonchev–Trinajstić information content (AvgIpc) is 3.38. The number of nitrogens with zero attached hydrogens (tertiary/aromatic N) is 6. The topological polar surface area (TPSA) is 137 Å². The van der Waals surface area contributed by atoms with Crippen molar-refractivity contribution in [2.24, 2.45) is 5.92 Å². The fourth-order valence-electron chi connectivity index (χ4n) is 5.20. The Balaban J connectivity index is 1.40. The second kappa shape index (κ2) is 11.9. The Kier molecular flexibility index (Phi) is 8.15. The summed E-state index contributed by atoms with van der Waals surface area (Å²) >= 11 is 0. The maximum Gasteiger partial charge on any atom is 0.275 e. The van der Waals surface area contributed by atoms with E-state index in [1.807, 2.05) is 6.07 Å². The molecule has 0 aliphatic carbocycles. The number of amides is 2. The number of aromatic nitrogens is 4. The van der Waals surface area contributed by atoms with Gasteiger partial charge in [0.2, 0.25) is 11.8 Å². The van der Waals surface area contributed by atoms with Crippen LogP contribution >= 0.6 is 0 Å². The SMILES string of the molecule is CN(C)C(=O)C1CCN(C(=O)Cn2nc(Cc3nc4cc(OCC(F)F)c(C#N)cc4[nH]3)c3ccccc3c2=O)CC1. The molecule has 0 atom stereocenters. The Labute approximate surface area is 239 Å². The molecule has 4 aromatic rings. The highest BCUT2D eigenvalue weighted by atomic mass is 19.3. The molecule has 1 aliphatic heterocycles. The van der Waals surface area contributed by atoms with Crippen LogP contribution < -0.4 is 10.3 Å². The monoisotopic (exact) mass is 577 g/mol. The van der Waals surface area contributed by atoms with E-state index < -0.39 is 18.6 Å². The number of piperidine rings is 1. The predicted molar refractivity (Wildman–Crippen MR) is 149 cm³/mol. The van der Waals surface area contributed by atoms with Gasteiger partial charge in [0.05, 0.1) is 34.1 Å². The average molecular weight is 578 g/mol. The number of nitriles is 1. The van der Waals surface area contributed by atoms with Gasteiger partial charge < -0.3 is 19.5 Å². The summed E-state index contributed by atoms with van der Waals surface area (Å²) in [4.78, 5) is 49.6. The van der Waals surface area contributed by atoms with Gasteiger partial charge in [-0.05, 0) is 25.0 Å². The number of hydrogen-bond donors (Lipinski definition) is 1. The molecular weight excluding hydrogens is 548 g/mol. The summed E-state index contributed by atoms with van der Waals surface area (Å²) in [6.45, 7) is -0.255. The molecule has 0 unspecified atom stereocenters.